The summed E-state index contributed by atoms with van der Waals surface area (Å²) >= 11 is 3.42. The van der Waals surface area contributed by atoms with Gasteiger partial charge in [0.25, 0.3) is 0 Å². The molecule has 0 bridgehead atoms. The van der Waals surface area contributed by atoms with E-state index in [1.807, 2.05) is 18.2 Å². The van der Waals surface area contributed by atoms with Crippen LogP contribution in [-0.2, 0) is 4.84 Å². The smallest absolute Gasteiger partial charge is 0.149 e. The summed E-state index contributed by atoms with van der Waals surface area (Å²) in [6, 6.07) is 5.69. The molecule has 16 heavy (non-hydrogen) atoms. The Balaban J connectivity index is 2.92. The molecule has 1 aromatic carbocycles. The van der Waals surface area contributed by atoms with Crippen LogP contribution < -0.4 is 4.74 Å². The van der Waals surface area contributed by atoms with Crippen LogP contribution in [0.3, 0.4) is 0 Å². The zero-order chi connectivity index (χ0) is 11.8. The van der Waals surface area contributed by atoms with E-state index in [9.17, 15) is 0 Å². The summed E-state index contributed by atoms with van der Waals surface area (Å²) in [5, 5.41) is 3.71. The van der Waals surface area contributed by atoms with E-state index in [1.165, 1.54) is 7.11 Å². The first-order valence-electron chi connectivity index (χ1n) is 4.67. The number of ether oxygens (including phenoxy) is 1. The SMILES string of the molecule is CC#CCOc1c(Br)cccc1/C=N/OC. The Morgan fingerprint density at radius 1 is 1.50 bits per heavy atom. The fraction of sp³-hybridized carbons (Fsp3) is 0.250. The predicted molar refractivity (Wildman–Crippen MR) is 67.7 cm³/mol. The van der Waals surface area contributed by atoms with Crippen LogP contribution in [0.4, 0.5) is 0 Å². The van der Waals surface area contributed by atoms with E-state index in [1.54, 1.807) is 13.1 Å². The zero-order valence-electron chi connectivity index (χ0n) is 9.16. The van der Waals surface area contributed by atoms with E-state index >= 15 is 0 Å². The lowest BCUT2D eigenvalue weighted by Crippen LogP contribution is -1.98. The van der Waals surface area contributed by atoms with E-state index in [0.717, 1.165) is 10.0 Å². The van der Waals surface area contributed by atoms with Gasteiger partial charge in [-0.3, -0.25) is 0 Å². The van der Waals surface area contributed by atoms with E-state index in [4.69, 9.17) is 4.74 Å². The number of hydrogen-bond acceptors (Lipinski definition) is 3. The molecule has 3 nitrogen and oxygen atoms in total. The van der Waals surface area contributed by atoms with Gasteiger partial charge in [-0.1, -0.05) is 17.1 Å². The molecule has 0 spiro atoms. The van der Waals surface area contributed by atoms with Gasteiger partial charge in [0.2, 0.25) is 0 Å². The van der Waals surface area contributed by atoms with Crippen LogP contribution in [0.2, 0.25) is 0 Å². The second-order valence-electron chi connectivity index (χ2n) is 2.79. The van der Waals surface area contributed by atoms with Crippen molar-refractivity contribution in [2.45, 2.75) is 6.92 Å². The largest absolute Gasteiger partial charge is 0.479 e. The number of rotatable bonds is 4. The van der Waals surface area contributed by atoms with Crippen molar-refractivity contribution in [1.82, 2.24) is 0 Å². The summed E-state index contributed by atoms with van der Waals surface area (Å²) < 4.78 is 6.40. The molecule has 1 aromatic rings. The zero-order valence-corrected chi connectivity index (χ0v) is 10.7. The Kier molecular flexibility index (Phi) is 5.44. The average molecular weight is 282 g/mol. The standard InChI is InChI=1S/C12H12BrNO2/c1-3-4-8-16-12-10(9-14-15-2)6-5-7-11(12)13/h5-7,9H,8H2,1-2H3/b14-9+. The predicted octanol–water partition coefficient (Wildman–Crippen LogP) is 2.83. The fourth-order valence-corrected chi connectivity index (χ4v) is 1.57. The van der Waals surface area contributed by atoms with Gasteiger partial charge in [-0.15, -0.1) is 5.92 Å². The van der Waals surface area contributed by atoms with Crippen LogP contribution in [0.1, 0.15) is 12.5 Å². The molecule has 0 heterocycles. The normalized spacial score (nSPS) is 9.69. The summed E-state index contributed by atoms with van der Waals surface area (Å²) in [5.41, 5.74) is 0.842. The molecule has 84 valence electrons. The Morgan fingerprint density at radius 2 is 2.31 bits per heavy atom. The van der Waals surface area contributed by atoms with E-state index in [0.29, 0.717) is 12.4 Å². The Hall–Kier alpha value is -1.47. The van der Waals surface area contributed by atoms with Gasteiger partial charge in [-0.05, 0) is 35.0 Å². The molecule has 1 rings (SSSR count). The molecular formula is C12H12BrNO2. The van der Waals surface area contributed by atoms with E-state index < -0.39 is 0 Å². The molecule has 0 atom stereocenters. The van der Waals surface area contributed by atoms with Crippen LogP contribution in [0, 0.1) is 11.8 Å². The van der Waals surface area contributed by atoms with Crippen molar-refractivity contribution in [1.29, 1.82) is 0 Å². The summed E-state index contributed by atoms with van der Waals surface area (Å²) in [6.45, 7) is 2.13. The van der Waals surface area contributed by atoms with Gasteiger partial charge in [0.05, 0.1) is 10.7 Å². The molecule has 0 aliphatic carbocycles. The lowest BCUT2D eigenvalue weighted by atomic mass is 10.2. The Morgan fingerprint density at radius 3 is 3.00 bits per heavy atom. The third-order valence-corrected chi connectivity index (χ3v) is 2.38. The summed E-state index contributed by atoms with van der Waals surface area (Å²) in [6.07, 6.45) is 1.60. The molecule has 0 unspecified atom stereocenters. The molecule has 0 radical (unpaired) electrons. The highest BCUT2D eigenvalue weighted by atomic mass is 79.9. The lowest BCUT2D eigenvalue weighted by Gasteiger charge is -2.07. The lowest BCUT2D eigenvalue weighted by molar-refractivity contribution is 0.215. The first kappa shape index (κ1) is 12.6. The van der Waals surface area contributed by atoms with Gasteiger partial charge in [-0.2, -0.15) is 0 Å². The van der Waals surface area contributed by atoms with Crippen LogP contribution in [0.15, 0.2) is 27.8 Å². The van der Waals surface area contributed by atoms with Gasteiger partial charge in [0.1, 0.15) is 19.5 Å². The Labute approximate surface area is 104 Å². The van der Waals surface area contributed by atoms with Crippen LogP contribution >= 0.6 is 15.9 Å². The third kappa shape index (κ3) is 3.59. The van der Waals surface area contributed by atoms with E-state index in [2.05, 4.69) is 37.8 Å². The van der Waals surface area contributed by atoms with Gasteiger partial charge in [0.15, 0.2) is 0 Å². The van der Waals surface area contributed by atoms with Gasteiger partial charge in [0, 0.05) is 5.56 Å². The van der Waals surface area contributed by atoms with Crippen molar-refractivity contribution >= 4 is 22.1 Å². The summed E-state index contributed by atoms with van der Waals surface area (Å²) in [5.74, 6) is 6.32. The maximum Gasteiger partial charge on any atom is 0.149 e. The summed E-state index contributed by atoms with van der Waals surface area (Å²) in [4.78, 5) is 4.64. The number of halogens is 1. The molecule has 4 heteroatoms. The van der Waals surface area contributed by atoms with Crippen LogP contribution in [0.5, 0.6) is 5.75 Å². The highest BCUT2D eigenvalue weighted by Gasteiger charge is 2.05. The number of hydrogen-bond donors (Lipinski definition) is 0. The van der Waals surface area contributed by atoms with Gasteiger partial charge >= 0.3 is 0 Å². The number of para-hydroxylation sites is 1. The molecule has 0 saturated carbocycles. The first-order valence-corrected chi connectivity index (χ1v) is 5.46. The molecule has 0 N–H and O–H groups in total. The number of benzene rings is 1. The maximum atomic E-state index is 5.54. The fourth-order valence-electron chi connectivity index (χ4n) is 1.07. The maximum absolute atomic E-state index is 5.54. The second-order valence-corrected chi connectivity index (χ2v) is 3.65. The first-order chi connectivity index (χ1) is 7.79. The molecule has 0 saturated heterocycles. The van der Waals surface area contributed by atoms with Gasteiger partial charge < -0.3 is 9.57 Å². The van der Waals surface area contributed by atoms with Crippen LogP contribution in [0.25, 0.3) is 0 Å². The van der Waals surface area contributed by atoms with E-state index in [-0.39, 0.29) is 0 Å². The highest BCUT2D eigenvalue weighted by molar-refractivity contribution is 9.10. The van der Waals surface area contributed by atoms with Crippen molar-refractivity contribution in [2.24, 2.45) is 5.16 Å². The van der Waals surface area contributed by atoms with Gasteiger partial charge in [-0.25, -0.2) is 0 Å². The third-order valence-electron chi connectivity index (χ3n) is 1.76. The average Bonchev–Trinajstić information content (AvgIpc) is 2.29. The number of nitrogens with zero attached hydrogens (tertiary/aromatic N) is 1. The Bertz CT molecular complexity index is 432. The topological polar surface area (TPSA) is 30.8 Å². The second kappa shape index (κ2) is 6.91. The minimum Gasteiger partial charge on any atom is -0.479 e. The molecule has 0 aliphatic heterocycles. The van der Waals surface area contributed by atoms with Crippen molar-refractivity contribution in [3.8, 4) is 17.6 Å². The van der Waals surface area contributed by atoms with Crippen molar-refractivity contribution in [3.63, 3.8) is 0 Å². The quantitative estimate of drug-likeness (QED) is 0.483. The number of oxime groups is 1. The molecule has 0 aliphatic rings. The highest BCUT2D eigenvalue weighted by Crippen LogP contribution is 2.27. The molecule has 0 amide bonds. The molecule has 0 fully saturated rings. The van der Waals surface area contributed by atoms with Crippen molar-refractivity contribution in [2.75, 3.05) is 13.7 Å². The van der Waals surface area contributed by atoms with Crippen LogP contribution in [-0.4, -0.2) is 19.9 Å². The van der Waals surface area contributed by atoms with Crippen molar-refractivity contribution < 1.29 is 9.57 Å². The minimum atomic E-state index is 0.354. The molecule has 0 aromatic heterocycles. The monoisotopic (exact) mass is 281 g/mol. The van der Waals surface area contributed by atoms with Crippen molar-refractivity contribution in [3.05, 3.63) is 28.2 Å². The summed E-state index contributed by atoms with van der Waals surface area (Å²) in [7, 11) is 1.50. The minimum absolute atomic E-state index is 0.354. The molecular weight excluding hydrogens is 270 g/mol.